The SMILES string of the molecule is CN(CCC(=O)O)CC1CCN(C)C1. The van der Waals surface area contributed by atoms with E-state index in [1.165, 1.54) is 13.0 Å². The molecule has 1 heterocycles. The van der Waals surface area contributed by atoms with Gasteiger partial charge in [0.15, 0.2) is 0 Å². The third-order valence-corrected chi connectivity index (χ3v) is 2.77. The van der Waals surface area contributed by atoms with E-state index in [9.17, 15) is 4.79 Å². The van der Waals surface area contributed by atoms with Gasteiger partial charge in [0, 0.05) is 19.6 Å². The van der Waals surface area contributed by atoms with Crippen LogP contribution in [0.5, 0.6) is 0 Å². The summed E-state index contributed by atoms with van der Waals surface area (Å²) in [5.41, 5.74) is 0. The summed E-state index contributed by atoms with van der Waals surface area (Å²) in [5.74, 6) is 0.0131. The number of carboxylic acid groups (broad SMARTS) is 1. The first-order valence-electron chi connectivity index (χ1n) is 5.17. The van der Waals surface area contributed by atoms with E-state index in [1.54, 1.807) is 0 Å². The second kappa shape index (κ2) is 5.32. The largest absolute Gasteiger partial charge is 0.481 e. The molecular formula is C10H20N2O2. The molecule has 4 heteroatoms. The molecule has 0 radical (unpaired) electrons. The van der Waals surface area contributed by atoms with Crippen molar-refractivity contribution in [2.24, 2.45) is 5.92 Å². The Morgan fingerprint density at radius 1 is 1.64 bits per heavy atom. The van der Waals surface area contributed by atoms with Crippen molar-refractivity contribution in [2.45, 2.75) is 12.8 Å². The van der Waals surface area contributed by atoms with Gasteiger partial charge >= 0.3 is 5.97 Å². The van der Waals surface area contributed by atoms with Gasteiger partial charge in [-0.2, -0.15) is 0 Å². The lowest BCUT2D eigenvalue weighted by Crippen LogP contribution is -2.29. The van der Waals surface area contributed by atoms with Crippen LogP contribution in [0.4, 0.5) is 0 Å². The fourth-order valence-electron chi connectivity index (χ4n) is 1.99. The average Bonchev–Trinajstić information content (AvgIpc) is 2.48. The molecule has 4 nitrogen and oxygen atoms in total. The van der Waals surface area contributed by atoms with Crippen LogP contribution in [-0.2, 0) is 4.79 Å². The van der Waals surface area contributed by atoms with E-state index in [2.05, 4.69) is 16.8 Å². The van der Waals surface area contributed by atoms with Gasteiger partial charge in [0.05, 0.1) is 6.42 Å². The van der Waals surface area contributed by atoms with Gasteiger partial charge < -0.3 is 14.9 Å². The summed E-state index contributed by atoms with van der Waals surface area (Å²) < 4.78 is 0. The maximum atomic E-state index is 10.4. The van der Waals surface area contributed by atoms with Crippen LogP contribution < -0.4 is 0 Å². The fourth-order valence-corrected chi connectivity index (χ4v) is 1.99. The van der Waals surface area contributed by atoms with E-state index in [0.29, 0.717) is 6.54 Å². The van der Waals surface area contributed by atoms with Gasteiger partial charge in [-0.3, -0.25) is 4.79 Å². The molecule has 1 N–H and O–H groups in total. The van der Waals surface area contributed by atoms with Crippen LogP contribution in [0.2, 0.25) is 0 Å². The van der Waals surface area contributed by atoms with Gasteiger partial charge in [-0.15, -0.1) is 0 Å². The Bertz CT molecular complexity index is 197. The molecule has 0 aliphatic carbocycles. The summed E-state index contributed by atoms with van der Waals surface area (Å²) in [5, 5.41) is 8.53. The van der Waals surface area contributed by atoms with Crippen LogP contribution in [0.25, 0.3) is 0 Å². The smallest absolute Gasteiger partial charge is 0.304 e. The van der Waals surface area contributed by atoms with E-state index >= 15 is 0 Å². The molecule has 0 spiro atoms. The molecule has 0 aromatic carbocycles. The summed E-state index contributed by atoms with van der Waals surface area (Å²) >= 11 is 0. The van der Waals surface area contributed by atoms with Crippen molar-refractivity contribution in [1.82, 2.24) is 9.80 Å². The lowest BCUT2D eigenvalue weighted by molar-refractivity contribution is -0.137. The lowest BCUT2D eigenvalue weighted by atomic mass is 10.1. The van der Waals surface area contributed by atoms with Gasteiger partial charge in [-0.1, -0.05) is 0 Å². The second-order valence-corrected chi connectivity index (χ2v) is 4.32. The lowest BCUT2D eigenvalue weighted by Gasteiger charge is -2.19. The van der Waals surface area contributed by atoms with Gasteiger partial charge in [-0.05, 0) is 33.0 Å². The molecule has 0 aromatic heterocycles. The summed E-state index contributed by atoms with van der Waals surface area (Å²) in [4.78, 5) is 14.8. The van der Waals surface area contributed by atoms with Crippen molar-refractivity contribution in [3.8, 4) is 0 Å². The highest BCUT2D eigenvalue weighted by atomic mass is 16.4. The summed E-state index contributed by atoms with van der Waals surface area (Å²) in [6, 6.07) is 0. The van der Waals surface area contributed by atoms with Crippen LogP contribution in [0.1, 0.15) is 12.8 Å². The predicted molar refractivity (Wildman–Crippen MR) is 55.4 cm³/mol. The third kappa shape index (κ3) is 4.07. The molecule has 1 atom stereocenters. The quantitative estimate of drug-likeness (QED) is 0.695. The van der Waals surface area contributed by atoms with E-state index in [4.69, 9.17) is 5.11 Å². The monoisotopic (exact) mass is 200 g/mol. The topological polar surface area (TPSA) is 43.8 Å². The van der Waals surface area contributed by atoms with Crippen molar-refractivity contribution < 1.29 is 9.90 Å². The number of hydrogen-bond donors (Lipinski definition) is 1. The molecule has 1 unspecified atom stereocenters. The number of carboxylic acids is 1. The normalized spacial score (nSPS) is 23.2. The first-order chi connectivity index (χ1) is 6.58. The van der Waals surface area contributed by atoms with Crippen molar-refractivity contribution in [1.29, 1.82) is 0 Å². The summed E-state index contributed by atoms with van der Waals surface area (Å²) in [6.45, 7) is 4.02. The maximum absolute atomic E-state index is 10.4. The van der Waals surface area contributed by atoms with Gasteiger partial charge in [0.2, 0.25) is 0 Å². The standard InChI is InChI=1S/C10H20N2O2/c1-11-5-3-9(7-11)8-12(2)6-4-10(13)14/h9H,3-8H2,1-2H3,(H,13,14). The number of nitrogens with zero attached hydrogens (tertiary/aromatic N) is 2. The number of likely N-dealkylation sites (tertiary alicyclic amines) is 1. The average molecular weight is 200 g/mol. The molecule has 1 aliphatic rings. The van der Waals surface area contributed by atoms with E-state index < -0.39 is 5.97 Å². The van der Waals surface area contributed by atoms with Crippen LogP contribution >= 0.6 is 0 Å². The molecule has 0 bridgehead atoms. The first-order valence-corrected chi connectivity index (χ1v) is 5.17. The maximum Gasteiger partial charge on any atom is 0.304 e. The van der Waals surface area contributed by atoms with E-state index in [-0.39, 0.29) is 6.42 Å². The van der Waals surface area contributed by atoms with Crippen LogP contribution in [0.3, 0.4) is 0 Å². The van der Waals surface area contributed by atoms with Crippen molar-refractivity contribution in [3.63, 3.8) is 0 Å². The Labute approximate surface area is 85.5 Å². The van der Waals surface area contributed by atoms with Crippen molar-refractivity contribution in [3.05, 3.63) is 0 Å². The molecule has 0 aromatic rings. The van der Waals surface area contributed by atoms with Gasteiger partial charge in [0.1, 0.15) is 0 Å². The molecular weight excluding hydrogens is 180 g/mol. The fraction of sp³-hybridized carbons (Fsp3) is 0.900. The number of carbonyl (C=O) groups is 1. The van der Waals surface area contributed by atoms with E-state index in [1.807, 2.05) is 7.05 Å². The number of rotatable bonds is 5. The van der Waals surface area contributed by atoms with Crippen LogP contribution in [0.15, 0.2) is 0 Å². The Hall–Kier alpha value is -0.610. The zero-order chi connectivity index (χ0) is 10.6. The van der Waals surface area contributed by atoms with Gasteiger partial charge in [-0.25, -0.2) is 0 Å². The van der Waals surface area contributed by atoms with E-state index in [0.717, 1.165) is 19.0 Å². The molecule has 82 valence electrons. The third-order valence-electron chi connectivity index (χ3n) is 2.77. The Morgan fingerprint density at radius 2 is 2.36 bits per heavy atom. The first kappa shape index (κ1) is 11.5. The minimum atomic E-state index is -0.708. The number of aliphatic carboxylic acids is 1. The van der Waals surface area contributed by atoms with Crippen molar-refractivity contribution in [2.75, 3.05) is 40.3 Å². The Balaban J connectivity index is 2.13. The van der Waals surface area contributed by atoms with Crippen molar-refractivity contribution >= 4 is 5.97 Å². The highest BCUT2D eigenvalue weighted by Crippen LogP contribution is 2.14. The molecule has 1 saturated heterocycles. The molecule has 1 rings (SSSR count). The molecule has 1 fully saturated rings. The summed E-state index contributed by atoms with van der Waals surface area (Å²) in [7, 11) is 4.14. The Kier molecular flexibility index (Phi) is 4.35. The summed E-state index contributed by atoms with van der Waals surface area (Å²) in [6.07, 6.45) is 1.49. The van der Waals surface area contributed by atoms with Crippen LogP contribution in [-0.4, -0.2) is 61.2 Å². The zero-order valence-electron chi connectivity index (χ0n) is 9.07. The molecule has 0 saturated carbocycles. The molecule has 14 heavy (non-hydrogen) atoms. The predicted octanol–water partition coefficient (Wildman–Crippen LogP) is 0.345. The number of hydrogen-bond acceptors (Lipinski definition) is 3. The molecule has 1 aliphatic heterocycles. The van der Waals surface area contributed by atoms with Crippen LogP contribution in [0, 0.1) is 5.92 Å². The highest BCUT2D eigenvalue weighted by Gasteiger charge is 2.20. The zero-order valence-corrected chi connectivity index (χ0v) is 9.07. The minimum absolute atomic E-state index is 0.249. The second-order valence-electron chi connectivity index (χ2n) is 4.32. The highest BCUT2D eigenvalue weighted by molar-refractivity contribution is 5.66. The Morgan fingerprint density at radius 3 is 2.86 bits per heavy atom. The molecule has 0 amide bonds. The minimum Gasteiger partial charge on any atom is -0.481 e. The van der Waals surface area contributed by atoms with Gasteiger partial charge in [0.25, 0.3) is 0 Å².